The first-order valence-electron chi connectivity index (χ1n) is 9.21. The lowest BCUT2D eigenvalue weighted by atomic mass is 10.1. The Morgan fingerprint density at radius 2 is 1.89 bits per heavy atom. The van der Waals surface area contributed by atoms with Gasteiger partial charge in [0.25, 0.3) is 5.91 Å². The van der Waals surface area contributed by atoms with Crippen LogP contribution in [0, 0.1) is 0 Å². The summed E-state index contributed by atoms with van der Waals surface area (Å²) in [4.78, 5) is 16.8. The van der Waals surface area contributed by atoms with Crippen molar-refractivity contribution in [1.29, 1.82) is 0 Å². The van der Waals surface area contributed by atoms with Crippen LogP contribution in [-0.2, 0) is 24.4 Å². The van der Waals surface area contributed by atoms with Crippen molar-refractivity contribution in [3.8, 4) is 11.5 Å². The van der Waals surface area contributed by atoms with Gasteiger partial charge in [-0.3, -0.25) is 9.69 Å². The van der Waals surface area contributed by atoms with Gasteiger partial charge in [0.15, 0.2) is 0 Å². The van der Waals surface area contributed by atoms with Crippen LogP contribution in [0.4, 0.5) is 0 Å². The number of aromatic hydroxyl groups is 1. The van der Waals surface area contributed by atoms with Crippen LogP contribution in [0.1, 0.15) is 27.0 Å². The van der Waals surface area contributed by atoms with Crippen LogP contribution < -0.4 is 4.74 Å². The summed E-state index contributed by atoms with van der Waals surface area (Å²) in [5.74, 6) is 0.966. The molecule has 0 aromatic heterocycles. The third-order valence-electron chi connectivity index (χ3n) is 5.23. The van der Waals surface area contributed by atoms with Crippen LogP contribution in [0.15, 0.2) is 36.4 Å². The van der Waals surface area contributed by atoms with E-state index in [1.807, 2.05) is 29.2 Å². The van der Waals surface area contributed by atoms with Gasteiger partial charge in [0, 0.05) is 49.9 Å². The fourth-order valence-electron chi connectivity index (χ4n) is 3.70. The minimum absolute atomic E-state index is 0.0762. The second kappa shape index (κ2) is 7.58. The number of hydrogen-bond donors (Lipinski definition) is 1. The molecule has 6 nitrogen and oxygen atoms in total. The monoisotopic (exact) mass is 368 g/mol. The Bertz CT molecular complexity index is 846. The number of benzene rings is 2. The highest BCUT2D eigenvalue weighted by Crippen LogP contribution is 2.29. The maximum Gasteiger partial charge on any atom is 0.254 e. The molecule has 4 rings (SSSR count). The Kier molecular flexibility index (Phi) is 5.01. The molecule has 1 amide bonds. The molecule has 6 heteroatoms. The zero-order valence-corrected chi connectivity index (χ0v) is 15.5. The Hall–Kier alpha value is -2.57. The van der Waals surface area contributed by atoms with E-state index in [9.17, 15) is 9.90 Å². The first kappa shape index (κ1) is 17.8. The van der Waals surface area contributed by atoms with Crippen LogP contribution in [-0.4, -0.2) is 54.2 Å². The topological polar surface area (TPSA) is 62.2 Å². The van der Waals surface area contributed by atoms with Gasteiger partial charge < -0.3 is 19.5 Å². The minimum Gasteiger partial charge on any atom is -0.507 e. The molecule has 1 saturated heterocycles. The van der Waals surface area contributed by atoms with Crippen LogP contribution in [0.2, 0.25) is 0 Å². The third-order valence-corrected chi connectivity index (χ3v) is 5.23. The van der Waals surface area contributed by atoms with Crippen LogP contribution >= 0.6 is 0 Å². The quantitative estimate of drug-likeness (QED) is 0.898. The SMILES string of the molecule is COc1ccc(CN2Cc3ccc(C(=O)N4CCOCC4)cc3C2)c(O)c1. The molecule has 1 N–H and O–H groups in total. The minimum atomic E-state index is 0.0762. The summed E-state index contributed by atoms with van der Waals surface area (Å²) >= 11 is 0. The van der Waals surface area contributed by atoms with E-state index in [1.54, 1.807) is 13.2 Å². The number of nitrogens with zero attached hydrogens (tertiary/aromatic N) is 2. The van der Waals surface area contributed by atoms with Gasteiger partial charge in [-0.1, -0.05) is 12.1 Å². The van der Waals surface area contributed by atoms with Crippen LogP contribution in [0.5, 0.6) is 11.5 Å². The predicted molar refractivity (Wildman–Crippen MR) is 101 cm³/mol. The Morgan fingerprint density at radius 3 is 2.63 bits per heavy atom. The zero-order valence-electron chi connectivity index (χ0n) is 15.5. The lowest BCUT2D eigenvalue weighted by Gasteiger charge is -2.27. The van der Waals surface area contributed by atoms with E-state index < -0.39 is 0 Å². The number of carbonyl (C=O) groups excluding carboxylic acids is 1. The van der Waals surface area contributed by atoms with Gasteiger partial charge in [-0.05, 0) is 29.3 Å². The lowest BCUT2D eigenvalue weighted by molar-refractivity contribution is 0.0303. The van der Waals surface area contributed by atoms with E-state index >= 15 is 0 Å². The summed E-state index contributed by atoms with van der Waals surface area (Å²) in [6.07, 6.45) is 0. The highest BCUT2D eigenvalue weighted by molar-refractivity contribution is 5.94. The van der Waals surface area contributed by atoms with Crippen molar-refractivity contribution < 1.29 is 19.4 Å². The Balaban J connectivity index is 1.45. The second-order valence-electron chi connectivity index (χ2n) is 7.03. The van der Waals surface area contributed by atoms with Gasteiger partial charge >= 0.3 is 0 Å². The number of phenols is 1. The number of phenolic OH excluding ortho intramolecular Hbond substituents is 1. The van der Waals surface area contributed by atoms with Crippen LogP contribution in [0.3, 0.4) is 0 Å². The molecule has 2 heterocycles. The molecule has 27 heavy (non-hydrogen) atoms. The average Bonchev–Trinajstić information content (AvgIpc) is 3.11. The summed E-state index contributed by atoms with van der Waals surface area (Å²) in [5, 5.41) is 10.2. The first-order chi connectivity index (χ1) is 13.1. The number of carbonyl (C=O) groups is 1. The maximum atomic E-state index is 12.7. The van der Waals surface area contributed by atoms with Crippen molar-refractivity contribution in [2.45, 2.75) is 19.6 Å². The molecular formula is C21H24N2O4. The number of morpholine rings is 1. The summed E-state index contributed by atoms with van der Waals surface area (Å²) in [7, 11) is 1.58. The molecule has 2 aromatic carbocycles. The number of fused-ring (bicyclic) bond motifs is 1. The van der Waals surface area contributed by atoms with E-state index in [4.69, 9.17) is 9.47 Å². The molecule has 0 radical (unpaired) electrons. The van der Waals surface area contributed by atoms with Crippen molar-refractivity contribution in [2.24, 2.45) is 0 Å². The molecule has 0 atom stereocenters. The van der Waals surface area contributed by atoms with E-state index in [2.05, 4.69) is 11.0 Å². The molecule has 2 aliphatic rings. The van der Waals surface area contributed by atoms with E-state index in [0.717, 1.165) is 24.2 Å². The number of rotatable bonds is 4. The molecule has 2 aromatic rings. The first-order valence-corrected chi connectivity index (χ1v) is 9.21. The van der Waals surface area contributed by atoms with Gasteiger partial charge in [0.2, 0.25) is 0 Å². The van der Waals surface area contributed by atoms with Gasteiger partial charge in [-0.2, -0.15) is 0 Å². The molecule has 1 fully saturated rings. The van der Waals surface area contributed by atoms with Gasteiger partial charge in [-0.25, -0.2) is 0 Å². The van der Waals surface area contributed by atoms with E-state index in [0.29, 0.717) is 38.6 Å². The Labute approximate surface area is 158 Å². The zero-order chi connectivity index (χ0) is 18.8. The number of methoxy groups -OCH3 is 1. The predicted octanol–water partition coefficient (Wildman–Crippen LogP) is 2.39. The van der Waals surface area contributed by atoms with E-state index in [-0.39, 0.29) is 11.7 Å². The highest BCUT2D eigenvalue weighted by Gasteiger charge is 2.23. The second-order valence-corrected chi connectivity index (χ2v) is 7.03. The normalized spacial score (nSPS) is 17.0. The van der Waals surface area contributed by atoms with Crippen molar-refractivity contribution in [2.75, 3.05) is 33.4 Å². The standard InChI is InChI=1S/C21H24N2O4/c1-26-19-5-4-17(20(24)11-19)13-22-12-16-3-2-15(10-18(16)14-22)21(25)23-6-8-27-9-7-23/h2-5,10-11,24H,6-9,12-14H2,1H3. The number of hydrogen-bond acceptors (Lipinski definition) is 5. The maximum absolute atomic E-state index is 12.7. The highest BCUT2D eigenvalue weighted by atomic mass is 16.5. The fourth-order valence-corrected chi connectivity index (χ4v) is 3.70. The average molecular weight is 368 g/mol. The Morgan fingerprint density at radius 1 is 1.11 bits per heavy atom. The fraction of sp³-hybridized carbons (Fsp3) is 0.381. The molecule has 0 saturated carbocycles. The molecule has 2 aliphatic heterocycles. The number of amides is 1. The third kappa shape index (κ3) is 3.77. The van der Waals surface area contributed by atoms with E-state index in [1.165, 1.54) is 11.1 Å². The summed E-state index contributed by atoms with van der Waals surface area (Å²) < 4.78 is 10.5. The summed E-state index contributed by atoms with van der Waals surface area (Å²) in [5.41, 5.74) is 4.03. The largest absolute Gasteiger partial charge is 0.507 e. The van der Waals surface area contributed by atoms with Gasteiger partial charge in [0.05, 0.1) is 20.3 Å². The molecule has 0 bridgehead atoms. The van der Waals surface area contributed by atoms with Gasteiger partial charge in [-0.15, -0.1) is 0 Å². The molecule has 0 spiro atoms. The smallest absolute Gasteiger partial charge is 0.254 e. The van der Waals surface area contributed by atoms with Crippen molar-refractivity contribution >= 4 is 5.91 Å². The molecule has 0 unspecified atom stereocenters. The van der Waals surface area contributed by atoms with Gasteiger partial charge in [0.1, 0.15) is 11.5 Å². The molecular weight excluding hydrogens is 344 g/mol. The summed E-state index contributed by atoms with van der Waals surface area (Å²) in [6, 6.07) is 11.4. The summed E-state index contributed by atoms with van der Waals surface area (Å²) in [6.45, 7) is 4.75. The van der Waals surface area contributed by atoms with Crippen molar-refractivity contribution in [3.63, 3.8) is 0 Å². The van der Waals surface area contributed by atoms with Crippen molar-refractivity contribution in [1.82, 2.24) is 9.80 Å². The molecule has 142 valence electrons. The number of ether oxygens (including phenoxy) is 2. The molecule has 0 aliphatic carbocycles. The van der Waals surface area contributed by atoms with Crippen molar-refractivity contribution in [3.05, 3.63) is 58.7 Å². The lowest BCUT2D eigenvalue weighted by Crippen LogP contribution is -2.40. The van der Waals surface area contributed by atoms with Crippen LogP contribution in [0.25, 0.3) is 0 Å².